The third kappa shape index (κ3) is 3.15. The number of benzene rings is 1. The van der Waals surface area contributed by atoms with Crippen molar-refractivity contribution >= 4 is 23.2 Å². The van der Waals surface area contributed by atoms with Crippen LogP contribution >= 0.6 is 11.6 Å². The molecule has 1 saturated heterocycles. The average Bonchev–Trinajstić information content (AvgIpc) is 3.11. The van der Waals surface area contributed by atoms with Gasteiger partial charge in [0.05, 0.1) is 23.3 Å². The lowest BCUT2D eigenvalue weighted by Crippen LogP contribution is -2.44. The molecule has 1 aliphatic heterocycles. The Morgan fingerprint density at radius 1 is 1.41 bits per heavy atom. The molecule has 2 aromatic rings. The summed E-state index contributed by atoms with van der Waals surface area (Å²) in [5, 5.41) is 8.19. The highest BCUT2D eigenvalue weighted by molar-refractivity contribution is 6.33. The van der Waals surface area contributed by atoms with Crippen molar-refractivity contribution in [2.75, 3.05) is 11.4 Å². The van der Waals surface area contributed by atoms with Gasteiger partial charge in [0.2, 0.25) is 5.91 Å². The summed E-state index contributed by atoms with van der Waals surface area (Å²) >= 11 is 6.19. The van der Waals surface area contributed by atoms with Crippen LogP contribution in [0.2, 0.25) is 5.02 Å². The third-order valence-electron chi connectivity index (χ3n) is 3.85. The van der Waals surface area contributed by atoms with E-state index in [0.29, 0.717) is 11.6 Å². The Morgan fingerprint density at radius 3 is 2.95 bits per heavy atom. The number of halogens is 1. The van der Waals surface area contributed by atoms with Crippen LogP contribution in [0.5, 0.6) is 0 Å². The average molecular weight is 319 g/mol. The van der Waals surface area contributed by atoms with Crippen LogP contribution in [-0.2, 0) is 11.3 Å². The number of amides is 1. The molecule has 2 unspecified atom stereocenters. The molecule has 2 heterocycles. The molecule has 1 N–H and O–H groups in total. The Balaban J connectivity index is 1.63. The Hall–Kier alpha value is -1.85. The number of nitrogens with zero attached hydrogens (tertiary/aromatic N) is 3. The molecule has 1 aromatic carbocycles. The van der Waals surface area contributed by atoms with Gasteiger partial charge in [-0.25, -0.2) is 0 Å². The van der Waals surface area contributed by atoms with Crippen molar-refractivity contribution in [1.82, 2.24) is 15.1 Å². The van der Waals surface area contributed by atoms with E-state index >= 15 is 0 Å². The molecule has 0 spiro atoms. The van der Waals surface area contributed by atoms with Crippen LogP contribution in [0.3, 0.4) is 0 Å². The van der Waals surface area contributed by atoms with Crippen molar-refractivity contribution < 1.29 is 4.79 Å². The van der Waals surface area contributed by atoms with Crippen LogP contribution in [0.4, 0.5) is 5.69 Å². The minimum absolute atomic E-state index is 0.0837. The summed E-state index contributed by atoms with van der Waals surface area (Å²) in [7, 11) is 0. The van der Waals surface area contributed by atoms with Gasteiger partial charge in [-0.2, -0.15) is 5.10 Å². The molecular weight excluding hydrogens is 300 g/mol. The minimum Gasteiger partial charge on any atom is -0.310 e. The standard InChI is InChI=1S/C16H19ClN4O/c1-12(11-20-9-4-8-18-20)19-14-7-10-21(16(14)22)15-6-3-2-5-13(15)17/h2-6,8-9,12,14,19H,7,10-11H2,1H3. The maximum Gasteiger partial charge on any atom is 0.244 e. The number of carbonyl (C=O) groups is 1. The molecule has 3 rings (SSSR count). The predicted molar refractivity (Wildman–Crippen MR) is 87.0 cm³/mol. The predicted octanol–water partition coefficient (Wildman–Crippen LogP) is 2.32. The number of hydrogen-bond donors (Lipinski definition) is 1. The maximum atomic E-state index is 12.6. The van der Waals surface area contributed by atoms with Gasteiger partial charge >= 0.3 is 0 Å². The van der Waals surface area contributed by atoms with Gasteiger partial charge in [-0.3, -0.25) is 9.48 Å². The van der Waals surface area contributed by atoms with E-state index in [1.165, 1.54) is 0 Å². The number of nitrogens with one attached hydrogen (secondary N) is 1. The van der Waals surface area contributed by atoms with E-state index in [2.05, 4.69) is 17.3 Å². The minimum atomic E-state index is -0.165. The summed E-state index contributed by atoms with van der Waals surface area (Å²) in [6.45, 7) is 3.49. The summed E-state index contributed by atoms with van der Waals surface area (Å²) < 4.78 is 1.86. The molecule has 1 fully saturated rings. The van der Waals surface area contributed by atoms with E-state index in [0.717, 1.165) is 18.7 Å². The van der Waals surface area contributed by atoms with E-state index in [4.69, 9.17) is 11.6 Å². The van der Waals surface area contributed by atoms with E-state index < -0.39 is 0 Å². The second kappa shape index (κ2) is 6.50. The van der Waals surface area contributed by atoms with Crippen molar-refractivity contribution in [3.63, 3.8) is 0 Å². The van der Waals surface area contributed by atoms with Crippen LogP contribution in [-0.4, -0.2) is 34.3 Å². The summed E-state index contributed by atoms with van der Waals surface area (Å²) in [6, 6.07) is 9.36. The smallest absolute Gasteiger partial charge is 0.244 e. The second-order valence-corrected chi connectivity index (χ2v) is 5.99. The number of rotatable bonds is 5. The van der Waals surface area contributed by atoms with Crippen molar-refractivity contribution in [2.45, 2.75) is 32.0 Å². The molecule has 1 aromatic heterocycles. The topological polar surface area (TPSA) is 50.2 Å². The normalized spacial score (nSPS) is 19.6. The maximum absolute atomic E-state index is 12.6. The Kier molecular flexibility index (Phi) is 4.45. The van der Waals surface area contributed by atoms with Gasteiger partial charge in [0, 0.05) is 25.0 Å². The van der Waals surface area contributed by atoms with Gasteiger partial charge in [0.25, 0.3) is 0 Å². The Bertz CT molecular complexity index is 643. The zero-order valence-electron chi connectivity index (χ0n) is 12.4. The Labute approximate surface area is 134 Å². The summed E-state index contributed by atoms with van der Waals surface area (Å²) in [4.78, 5) is 14.3. The first-order valence-electron chi connectivity index (χ1n) is 7.44. The molecule has 22 heavy (non-hydrogen) atoms. The first-order valence-corrected chi connectivity index (χ1v) is 7.82. The first kappa shape index (κ1) is 15.1. The number of para-hydroxylation sites is 1. The van der Waals surface area contributed by atoms with E-state index in [9.17, 15) is 4.79 Å². The summed E-state index contributed by atoms with van der Waals surface area (Å²) in [6.07, 6.45) is 4.46. The van der Waals surface area contributed by atoms with Gasteiger partial charge < -0.3 is 10.2 Å². The van der Waals surface area contributed by atoms with E-state index in [1.54, 1.807) is 11.1 Å². The van der Waals surface area contributed by atoms with Crippen molar-refractivity contribution in [1.29, 1.82) is 0 Å². The lowest BCUT2D eigenvalue weighted by Gasteiger charge is -2.21. The number of hydrogen-bond acceptors (Lipinski definition) is 3. The lowest BCUT2D eigenvalue weighted by molar-refractivity contribution is -0.119. The lowest BCUT2D eigenvalue weighted by atomic mass is 10.2. The second-order valence-electron chi connectivity index (χ2n) is 5.58. The fraction of sp³-hybridized carbons (Fsp3) is 0.375. The molecule has 0 aliphatic carbocycles. The quantitative estimate of drug-likeness (QED) is 0.920. The highest BCUT2D eigenvalue weighted by Gasteiger charge is 2.33. The molecule has 0 radical (unpaired) electrons. The van der Waals surface area contributed by atoms with Crippen LogP contribution < -0.4 is 10.2 Å². The number of carbonyl (C=O) groups excluding carboxylic acids is 1. The summed E-state index contributed by atoms with van der Waals surface area (Å²) in [5.41, 5.74) is 0.790. The number of anilines is 1. The van der Waals surface area contributed by atoms with Gasteiger partial charge in [-0.15, -0.1) is 0 Å². The zero-order valence-corrected chi connectivity index (χ0v) is 13.2. The molecule has 6 heteroatoms. The van der Waals surface area contributed by atoms with Crippen molar-refractivity contribution in [3.8, 4) is 0 Å². The monoisotopic (exact) mass is 318 g/mol. The van der Waals surface area contributed by atoms with Gasteiger partial charge in [-0.1, -0.05) is 23.7 Å². The molecule has 2 atom stereocenters. The van der Waals surface area contributed by atoms with Gasteiger partial charge in [0.1, 0.15) is 0 Å². The number of aromatic nitrogens is 2. The SMILES string of the molecule is CC(Cn1cccn1)NC1CCN(c2ccccc2Cl)C1=O. The van der Waals surface area contributed by atoms with Gasteiger partial charge in [-0.05, 0) is 31.5 Å². The van der Waals surface area contributed by atoms with Crippen LogP contribution in [0.1, 0.15) is 13.3 Å². The fourth-order valence-corrected chi connectivity index (χ4v) is 3.07. The molecule has 0 saturated carbocycles. The molecule has 5 nitrogen and oxygen atoms in total. The largest absolute Gasteiger partial charge is 0.310 e. The Morgan fingerprint density at radius 2 is 2.23 bits per heavy atom. The zero-order chi connectivity index (χ0) is 15.5. The van der Waals surface area contributed by atoms with Gasteiger partial charge in [0.15, 0.2) is 0 Å². The van der Waals surface area contributed by atoms with Crippen molar-refractivity contribution in [3.05, 3.63) is 47.7 Å². The molecular formula is C16H19ClN4O. The molecule has 116 valence electrons. The molecule has 1 aliphatic rings. The first-order chi connectivity index (χ1) is 10.6. The van der Waals surface area contributed by atoms with Crippen LogP contribution in [0.25, 0.3) is 0 Å². The van der Waals surface area contributed by atoms with Crippen LogP contribution in [0, 0.1) is 0 Å². The summed E-state index contributed by atoms with van der Waals surface area (Å²) in [5.74, 6) is 0.0837. The van der Waals surface area contributed by atoms with Crippen LogP contribution in [0.15, 0.2) is 42.7 Å². The third-order valence-corrected chi connectivity index (χ3v) is 4.17. The molecule has 1 amide bonds. The van der Waals surface area contributed by atoms with Crippen molar-refractivity contribution in [2.24, 2.45) is 0 Å². The highest BCUT2D eigenvalue weighted by atomic mass is 35.5. The van der Waals surface area contributed by atoms with E-state index in [1.807, 2.05) is 41.2 Å². The molecule has 0 bridgehead atoms. The fourth-order valence-electron chi connectivity index (χ4n) is 2.83. The highest BCUT2D eigenvalue weighted by Crippen LogP contribution is 2.29. The van der Waals surface area contributed by atoms with E-state index in [-0.39, 0.29) is 18.0 Å².